The van der Waals surface area contributed by atoms with Crippen LogP contribution in [0.25, 0.3) is 0 Å². The highest BCUT2D eigenvalue weighted by atomic mass is 35.5. The van der Waals surface area contributed by atoms with Gasteiger partial charge >= 0.3 is 0 Å². The van der Waals surface area contributed by atoms with E-state index in [-0.39, 0.29) is 17.2 Å². The van der Waals surface area contributed by atoms with E-state index in [4.69, 9.17) is 21.1 Å². The minimum Gasteiger partial charge on any atom is -0.486 e. The van der Waals surface area contributed by atoms with Crippen molar-refractivity contribution in [1.29, 1.82) is 0 Å². The maximum absolute atomic E-state index is 13.4. The van der Waals surface area contributed by atoms with Crippen LogP contribution in [0.1, 0.15) is 15.9 Å². The molecule has 0 unspecified atom stereocenters. The monoisotopic (exact) mass is 306 g/mol. The van der Waals surface area contributed by atoms with Gasteiger partial charge in [-0.3, -0.25) is 4.79 Å². The van der Waals surface area contributed by atoms with E-state index in [0.29, 0.717) is 35.8 Å². The Hall–Kier alpha value is -2.07. The molecule has 0 amide bonds. The molecule has 0 aromatic heterocycles. The largest absolute Gasteiger partial charge is 0.486 e. The van der Waals surface area contributed by atoms with Crippen molar-refractivity contribution in [3.05, 3.63) is 58.4 Å². The minimum absolute atomic E-state index is 0.0417. The highest BCUT2D eigenvalue weighted by Crippen LogP contribution is 2.34. The van der Waals surface area contributed by atoms with Gasteiger partial charge in [0.1, 0.15) is 19.0 Å². The molecule has 0 radical (unpaired) electrons. The number of carbonyl (C=O) groups excluding carboxylic acids is 1. The molecule has 3 rings (SSSR count). The molecule has 0 bridgehead atoms. The fraction of sp³-hybridized carbons (Fsp3) is 0.188. The molecule has 0 saturated carbocycles. The number of ether oxygens (including phenoxy) is 2. The first kappa shape index (κ1) is 13.9. The zero-order chi connectivity index (χ0) is 14.8. The quantitative estimate of drug-likeness (QED) is 0.812. The highest BCUT2D eigenvalue weighted by molar-refractivity contribution is 6.30. The molecule has 0 spiro atoms. The predicted octanol–water partition coefficient (Wildman–Crippen LogP) is 3.68. The first-order chi connectivity index (χ1) is 10.1. The summed E-state index contributed by atoms with van der Waals surface area (Å²) in [6.07, 6.45) is 0.0773. The van der Waals surface area contributed by atoms with Crippen molar-refractivity contribution in [1.82, 2.24) is 0 Å². The van der Waals surface area contributed by atoms with Crippen LogP contribution in [0.3, 0.4) is 0 Å². The predicted molar refractivity (Wildman–Crippen MR) is 76.9 cm³/mol. The second-order valence-electron chi connectivity index (χ2n) is 4.68. The van der Waals surface area contributed by atoms with E-state index >= 15 is 0 Å². The number of halogens is 2. The van der Waals surface area contributed by atoms with Crippen LogP contribution in [-0.2, 0) is 6.42 Å². The molecule has 0 aliphatic carbocycles. The van der Waals surface area contributed by atoms with E-state index in [1.165, 1.54) is 12.1 Å². The van der Waals surface area contributed by atoms with Crippen LogP contribution in [0.5, 0.6) is 11.5 Å². The SMILES string of the molecule is O=C(Cc1ccc(Cl)c(F)c1)c1cccc2c1OCCO2. The normalized spacial score (nSPS) is 13.0. The molecule has 1 aliphatic heterocycles. The number of ketones is 1. The van der Waals surface area contributed by atoms with Crippen molar-refractivity contribution in [2.24, 2.45) is 0 Å². The van der Waals surface area contributed by atoms with Gasteiger partial charge in [0.05, 0.1) is 10.6 Å². The Morgan fingerprint density at radius 2 is 2.00 bits per heavy atom. The Morgan fingerprint density at radius 3 is 2.81 bits per heavy atom. The topological polar surface area (TPSA) is 35.5 Å². The number of carbonyl (C=O) groups is 1. The average molecular weight is 307 g/mol. The molecule has 3 nitrogen and oxygen atoms in total. The number of hydrogen-bond donors (Lipinski definition) is 0. The molecule has 2 aromatic carbocycles. The van der Waals surface area contributed by atoms with Crippen LogP contribution < -0.4 is 9.47 Å². The van der Waals surface area contributed by atoms with Gasteiger partial charge in [-0.05, 0) is 29.8 Å². The lowest BCUT2D eigenvalue weighted by atomic mass is 10.0. The van der Waals surface area contributed by atoms with Gasteiger partial charge in [-0.15, -0.1) is 0 Å². The van der Waals surface area contributed by atoms with Crippen LogP contribution in [0.4, 0.5) is 4.39 Å². The average Bonchev–Trinajstić information content (AvgIpc) is 2.50. The zero-order valence-corrected chi connectivity index (χ0v) is 11.8. The van der Waals surface area contributed by atoms with Gasteiger partial charge < -0.3 is 9.47 Å². The van der Waals surface area contributed by atoms with Crippen LogP contribution in [0.15, 0.2) is 36.4 Å². The molecule has 21 heavy (non-hydrogen) atoms. The van der Waals surface area contributed by atoms with Gasteiger partial charge in [-0.2, -0.15) is 0 Å². The first-order valence-electron chi connectivity index (χ1n) is 6.51. The Labute approximate surface area is 126 Å². The van der Waals surface area contributed by atoms with Gasteiger partial charge in [0.15, 0.2) is 17.3 Å². The van der Waals surface area contributed by atoms with Gasteiger partial charge in [0, 0.05) is 6.42 Å². The molecule has 5 heteroatoms. The molecular weight excluding hydrogens is 295 g/mol. The number of Topliss-reactive ketones (excluding diaryl/α,β-unsaturated/α-hetero) is 1. The molecule has 0 saturated heterocycles. The van der Waals surface area contributed by atoms with Crippen molar-refractivity contribution in [2.75, 3.05) is 13.2 Å². The number of rotatable bonds is 3. The third kappa shape index (κ3) is 2.85. The van der Waals surface area contributed by atoms with E-state index in [2.05, 4.69) is 0 Å². The summed E-state index contributed by atoms with van der Waals surface area (Å²) in [6.45, 7) is 0.875. The summed E-state index contributed by atoms with van der Waals surface area (Å²) in [5, 5.41) is 0.0417. The smallest absolute Gasteiger partial charge is 0.172 e. The fourth-order valence-electron chi connectivity index (χ4n) is 2.22. The molecule has 0 N–H and O–H groups in total. The third-order valence-electron chi connectivity index (χ3n) is 3.22. The Bertz CT molecular complexity index is 700. The lowest BCUT2D eigenvalue weighted by Crippen LogP contribution is -2.18. The third-order valence-corrected chi connectivity index (χ3v) is 3.52. The van der Waals surface area contributed by atoms with E-state index in [1.54, 1.807) is 24.3 Å². The number of para-hydroxylation sites is 1. The summed E-state index contributed by atoms with van der Waals surface area (Å²) < 4.78 is 24.4. The summed E-state index contributed by atoms with van der Waals surface area (Å²) in [6, 6.07) is 9.53. The van der Waals surface area contributed by atoms with E-state index < -0.39 is 5.82 Å². The molecule has 108 valence electrons. The lowest BCUT2D eigenvalue weighted by Gasteiger charge is -2.20. The van der Waals surface area contributed by atoms with E-state index in [0.717, 1.165) is 0 Å². The van der Waals surface area contributed by atoms with Crippen molar-refractivity contribution in [2.45, 2.75) is 6.42 Å². The maximum atomic E-state index is 13.4. The van der Waals surface area contributed by atoms with E-state index in [1.807, 2.05) is 0 Å². The lowest BCUT2D eigenvalue weighted by molar-refractivity contribution is 0.0981. The molecule has 2 aromatic rings. The molecule has 0 atom stereocenters. The Balaban J connectivity index is 1.87. The number of benzene rings is 2. The minimum atomic E-state index is -0.531. The molecular formula is C16H12ClFO3. The van der Waals surface area contributed by atoms with Crippen LogP contribution in [0, 0.1) is 5.82 Å². The van der Waals surface area contributed by atoms with Gasteiger partial charge in [-0.25, -0.2) is 4.39 Å². The van der Waals surface area contributed by atoms with Crippen molar-refractivity contribution in [3.8, 4) is 11.5 Å². The molecule has 1 aliphatic rings. The maximum Gasteiger partial charge on any atom is 0.172 e. The summed E-state index contributed by atoms with van der Waals surface area (Å²) in [5.74, 6) is 0.341. The van der Waals surface area contributed by atoms with Gasteiger partial charge in [0.25, 0.3) is 0 Å². The van der Waals surface area contributed by atoms with Crippen molar-refractivity contribution < 1.29 is 18.7 Å². The first-order valence-corrected chi connectivity index (χ1v) is 6.88. The second-order valence-corrected chi connectivity index (χ2v) is 5.09. The van der Waals surface area contributed by atoms with E-state index in [9.17, 15) is 9.18 Å². The van der Waals surface area contributed by atoms with Gasteiger partial charge in [-0.1, -0.05) is 23.7 Å². The van der Waals surface area contributed by atoms with Crippen LogP contribution in [-0.4, -0.2) is 19.0 Å². The van der Waals surface area contributed by atoms with Crippen molar-refractivity contribution in [3.63, 3.8) is 0 Å². The standard InChI is InChI=1S/C16H12ClFO3/c17-12-5-4-10(8-13(12)18)9-14(19)11-2-1-3-15-16(11)21-7-6-20-15/h1-5,8H,6-7,9H2. The fourth-order valence-corrected chi connectivity index (χ4v) is 2.34. The van der Waals surface area contributed by atoms with Crippen LogP contribution in [0.2, 0.25) is 5.02 Å². The Kier molecular flexibility index (Phi) is 3.80. The zero-order valence-electron chi connectivity index (χ0n) is 11.1. The number of hydrogen-bond acceptors (Lipinski definition) is 3. The summed E-state index contributed by atoms with van der Waals surface area (Å²) >= 11 is 5.63. The molecule has 0 fully saturated rings. The summed E-state index contributed by atoms with van der Waals surface area (Å²) in [5.41, 5.74) is 1.01. The van der Waals surface area contributed by atoms with Gasteiger partial charge in [0.2, 0.25) is 0 Å². The summed E-state index contributed by atoms with van der Waals surface area (Å²) in [4.78, 5) is 12.4. The van der Waals surface area contributed by atoms with Crippen LogP contribution >= 0.6 is 11.6 Å². The van der Waals surface area contributed by atoms with Crippen molar-refractivity contribution >= 4 is 17.4 Å². The second kappa shape index (κ2) is 5.74. The highest BCUT2D eigenvalue weighted by Gasteiger charge is 2.20. The Morgan fingerprint density at radius 1 is 1.19 bits per heavy atom. The number of fused-ring (bicyclic) bond motifs is 1. The summed E-state index contributed by atoms with van der Waals surface area (Å²) in [7, 11) is 0. The molecule has 1 heterocycles.